The highest BCUT2D eigenvalue weighted by molar-refractivity contribution is 5.85. The molecule has 1 aromatic rings. The van der Waals surface area contributed by atoms with Crippen LogP contribution in [0.1, 0.15) is 31.4 Å². The molecule has 1 amide bonds. The zero-order valence-electron chi connectivity index (χ0n) is 12.6. The maximum Gasteiger partial charge on any atom is 0.224 e. The van der Waals surface area contributed by atoms with Crippen molar-refractivity contribution in [3.63, 3.8) is 0 Å². The number of nitrogens with two attached hydrogens (primary N) is 1. The van der Waals surface area contributed by atoms with Gasteiger partial charge in [0.2, 0.25) is 5.91 Å². The smallest absolute Gasteiger partial charge is 0.224 e. The van der Waals surface area contributed by atoms with Crippen LogP contribution < -0.4 is 11.1 Å². The molecule has 0 saturated carbocycles. The van der Waals surface area contributed by atoms with Crippen molar-refractivity contribution >= 4 is 18.3 Å². The Morgan fingerprint density at radius 2 is 2.14 bits per heavy atom. The third-order valence-corrected chi connectivity index (χ3v) is 4.10. The molecule has 0 radical (unpaired) electrons. The van der Waals surface area contributed by atoms with Crippen molar-refractivity contribution in [1.82, 2.24) is 10.2 Å². The maximum atomic E-state index is 12.1. The molecule has 0 aliphatic carbocycles. The van der Waals surface area contributed by atoms with E-state index in [4.69, 9.17) is 5.73 Å². The van der Waals surface area contributed by atoms with Gasteiger partial charge in [-0.15, -0.1) is 12.4 Å². The summed E-state index contributed by atoms with van der Waals surface area (Å²) in [6, 6.07) is 10.9. The van der Waals surface area contributed by atoms with Gasteiger partial charge in [0.15, 0.2) is 0 Å². The monoisotopic (exact) mass is 311 g/mol. The van der Waals surface area contributed by atoms with E-state index >= 15 is 0 Å². The molecule has 2 unspecified atom stereocenters. The molecular formula is C16H26ClN3O. The molecule has 2 rings (SSSR count). The van der Waals surface area contributed by atoms with Crippen molar-refractivity contribution in [3.8, 4) is 0 Å². The van der Waals surface area contributed by atoms with Crippen LogP contribution in [0.2, 0.25) is 0 Å². The van der Waals surface area contributed by atoms with Crippen LogP contribution in [0.15, 0.2) is 30.3 Å². The van der Waals surface area contributed by atoms with Gasteiger partial charge in [-0.25, -0.2) is 0 Å². The van der Waals surface area contributed by atoms with Crippen LogP contribution in [0.4, 0.5) is 0 Å². The maximum absolute atomic E-state index is 12.1. The number of rotatable bonds is 5. The minimum Gasteiger partial charge on any atom is -0.355 e. The fourth-order valence-electron chi connectivity index (χ4n) is 2.85. The molecule has 3 N–H and O–H groups in total. The van der Waals surface area contributed by atoms with Crippen LogP contribution in [0.25, 0.3) is 0 Å². The molecule has 0 bridgehead atoms. The zero-order valence-corrected chi connectivity index (χ0v) is 13.4. The third kappa shape index (κ3) is 4.99. The van der Waals surface area contributed by atoms with Gasteiger partial charge in [0.25, 0.3) is 0 Å². The first-order valence-electron chi connectivity index (χ1n) is 7.49. The summed E-state index contributed by atoms with van der Waals surface area (Å²) < 4.78 is 0. The van der Waals surface area contributed by atoms with E-state index in [1.54, 1.807) is 0 Å². The lowest BCUT2D eigenvalue weighted by Crippen LogP contribution is -2.44. The lowest BCUT2D eigenvalue weighted by Gasteiger charge is -2.36. The summed E-state index contributed by atoms with van der Waals surface area (Å²) in [4.78, 5) is 14.5. The Hall–Kier alpha value is -1.10. The van der Waals surface area contributed by atoms with E-state index in [1.165, 1.54) is 5.56 Å². The van der Waals surface area contributed by atoms with Crippen LogP contribution in [0, 0.1) is 5.92 Å². The van der Waals surface area contributed by atoms with Crippen molar-refractivity contribution in [2.75, 3.05) is 26.2 Å². The molecule has 118 valence electrons. The molecule has 1 heterocycles. The van der Waals surface area contributed by atoms with E-state index in [0.717, 1.165) is 25.9 Å². The van der Waals surface area contributed by atoms with Gasteiger partial charge in [-0.3, -0.25) is 9.69 Å². The number of hydrogen-bond acceptors (Lipinski definition) is 3. The normalized spacial score (nSPS) is 20.4. The second-order valence-electron chi connectivity index (χ2n) is 5.50. The number of nitrogens with one attached hydrogen (secondary N) is 1. The number of piperidine rings is 1. The fraction of sp³-hybridized carbons (Fsp3) is 0.562. The molecule has 4 nitrogen and oxygen atoms in total. The number of carbonyl (C=O) groups excluding carboxylic acids is 1. The van der Waals surface area contributed by atoms with Gasteiger partial charge in [-0.1, -0.05) is 30.3 Å². The standard InChI is InChI=1S/C16H25N3O.ClH/c1-13(14-6-3-2-4-7-14)19-11-5-8-15(12-19)16(20)18-10-9-17;/h2-4,6-7,13,15H,5,8-12,17H2,1H3,(H,18,20);1H. The predicted octanol–water partition coefficient (Wildman–Crippen LogP) is 1.96. The molecule has 2 atom stereocenters. The molecule has 0 aromatic heterocycles. The van der Waals surface area contributed by atoms with Crippen molar-refractivity contribution in [2.24, 2.45) is 11.7 Å². The van der Waals surface area contributed by atoms with Gasteiger partial charge in [-0.2, -0.15) is 0 Å². The van der Waals surface area contributed by atoms with E-state index in [1.807, 2.05) is 6.07 Å². The molecule has 1 aromatic carbocycles. The minimum absolute atomic E-state index is 0. The summed E-state index contributed by atoms with van der Waals surface area (Å²) in [7, 11) is 0. The van der Waals surface area contributed by atoms with Crippen molar-refractivity contribution < 1.29 is 4.79 Å². The van der Waals surface area contributed by atoms with Gasteiger partial charge in [0, 0.05) is 25.7 Å². The molecule has 1 aliphatic rings. The number of hydrogen-bond donors (Lipinski definition) is 2. The van der Waals surface area contributed by atoms with E-state index in [-0.39, 0.29) is 24.2 Å². The van der Waals surface area contributed by atoms with Crippen LogP contribution in [0.5, 0.6) is 0 Å². The summed E-state index contributed by atoms with van der Waals surface area (Å²) in [5.41, 5.74) is 6.75. The summed E-state index contributed by atoms with van der Waals surface area (Å²) in [5.74, 6) is 0.252. The molecule has 1 fully saturated rings. The Bertz CT molecular complexity index is 427. The second kappa shape index (κ2) is 9.03. The molecule has 5 heteroatoms. The highest BCUT2D eigenvalue weighted by Gasteiger charge is 2.28. The number of likely N-dealkylation sites (tertiary alicyclic amines) is 1. The largest absolute Gasteiger partial charge is 0.355 e. The predicted molar refractivity (Wildman–Crippen MR) is 88.5 cm³/mol. The SMILES string of the molecule is CC(c1ccccc1)N1CCCC(C(=O)NCCN)C1.Cl. The molecule has 21 heavy (non-hydrogen) atoms. The van der Waals surface area contributed by atoms with Crippen LogP contribution in [0.3, 0.4) is 0 Å². The van der Waals surface area contributed by atoms with Crippen LogP contribution >= 0.6 is 12.4 Å². The average Bonchev–Trinajstić information content (AvgIpc) is 2.52. The number of carbonyl (C=O) groups is 1. The third-order valence-electron chi connectivity index (χ3n) is 4.10. The molecule has 0 spiro atoms. The Kier molecular flexibility index (Phi) is 7.72. The quantitative estimate of drug-likeness (QED) is 0.874. The number of amides is 1. The van der Waals surface area contributed by atoms with Gasteiger partial charge in [0.05, 0.1) is 5.92 Å². The van der Waals surface area contributed by atoms with E-state index < -0.39 is 0 Å². The lowest BCUT2D eigenvalue weighted by atomic mass is 9.94. The van der Waals surface area contributed by atoms with Gasteiger partial charge in [-0.05, 0) is 31.9 Å². The summed E-state index contributed by atoms with van der Waals surface area (Å²) >= 11 is 0. The summed E-state index contributed by atoms with van der Waals surface area (Å²) in [6.07, 6.45) is 2.06. The van der Waals surface area contributed by atoms with Crippen molar-refractivity contribution in [2.45, 2.75) is 25.8 Å². The van der Waals surface area contributed by atoms with Gasteiger partial charge >= 0.3 is 0 Å². The van der Waals surface area contributed by atoms with Gasteiger partial charge < -0.3 is 11.1 Å². The summed E-state index contributed by atoms with van der Waals surface area (Å²) in [6.45, 7) is 5.20. The zero-order chi connectivity index (χ0) is 14.4. The first kappa shape index (κ1) is 18.0. The molecule has 1 saturated heterocycles. The van der Waals surface area contributed by atoms with Gasteiger partial charge in [0.1, 0.15) is 0 Å². The molecular weight excluding hydrogens is 286 g/mol. The van der Waals surface area contributed by atoms with Crippen LogP contribution in [-0.4, -0.2) is 37.0 Å². The lowest BCUT2D eigenvalue weighted by molar-refractivity contribution is -0.126. The Morgan fingerprint density at radius 1 is 1.43 bits per heavy atom. The second-order valence-corrected chi connectivity index (χ2v) is 5.50. The first-order chi connectivity index (χ1) is 9.72. The number of nitrogens with zero attached hydrogens (tertiary/aromatic N) is 1. The fourth-order valence-corrected chi connectivity index (χ4v) is 2.85. The Balaban J connectivity index is 0.00000220. The highest BCUT2D eigenvalue weighted by Crippen LogP contribution is 2.26. The van der Waals surface area contributed by atoms with E-state index in [0.29, 0.717) is 19.1 Å². The van der Waals surface area contributed by atoms with Crippen molar-refractivity contribution in [3.05, 3.63) is 35.9 Å². The Morgan fingerprint density at radius 3 is 2.81 bits per heavy atom. The number of benzene rings is 1. The van der Waals surface area contributed by atoms with E-state index in [2.05, 4.69) is 41.4 Å². The van der Waals surface area contributed by atoms with Crippen molar-refractivity contribution in [1.29, 1.82) is 0 Å². The average molecular weight is 312 g/mol. The topological polar surface area (TPSA) is 58.4 Å². The van der Waals surface area contributed by atoms with Crippen LogP contribution in [-0.2, 0) is 4.79 Å². The van der Waals surface area contributed by atoms with E-state index in [9.17, 15) is 4.79 Å². The molecule has 1 aliphatic heterocycles. The Labute approximate surface area is 133 Å². The number of halogens is 1. The summed E-state index contributed by atoms with van der Waals surface area (Å²) in [5, 5.41) is 2.91. The minimum atomic E-state index is 0. The highest BCUT2D eigenvalue weighted by atomic mass is 35.5. The first-order valence-corrected chi connectivity index (χ1v) is 7.49.